The quantitative estimate of drug-likeness (QED) is 0.290. The van der Waals surface area contributed by atoms with E-state index in [1.165, 1.54) is 5.56 Å². The van der Waals surface area contributed by atoms with Crippen LogP contribution < -0.4 is 20.1 Å². The van der Waals surface area contributed by atoms with Gasteiger partial charge in [-0.05, 0) is 47.7 Å². The van der Waals surface area contributed by atoms with Crippen molar-refractivity contribution >= 4 is 17.4 Å². The van der Waals surface area contributed by atoms with Crippen LogP contribution in [0.25, 0.3) is 5.57 Å². The number of piperazine rings is 1. The molecular formula is C35H41N3O5. The molecule has 2 amide bonds. The second kappa shape index (κ2) is 14.8. The number of hydrogen-bond acceptors (Lipinski definition) is 6. The van der Waals surface area contributed by atoms with Crippen LogP contribution in [0.4, 0.5) is 0 Å². The number of nitrogens with one attached hydrogen (secondary N) is 2. The lowest BCUT2D eigenvalue weighted by Crippen LogP contribution is -2.61. The molecule has 5 rings (SSSR count). The van der Waals surface area contributed by atoms with Crippen LogP contribution in [-0.4, -0.2) is 68.8 Å². The highest BCUT2D eigenvalue weighted by atomic mass is 16.5. The number of amides is 2. The van der Waals surface area contributed by atoms with Crippen molar-refractivity contribution in [2.24, 2.45) is 0 Å². The van der Waals surface area contributed by atoms with Crippen molar-refractivity contribution in [3.05, 3.63) is 101 Å². The monoisotopic (exact) mass is 583 g/mol. The second-order valence-electron chi connectivity index (χ2n) is 11.0. The Morgan fingerprint density at radius 1 is 0.953 bits per heavy atom. The molecule has 0 aliphatic carbocycles. The van der Waals surface area contributed by atoms with E-state index in [1.807, 2.05) is 71.6 Å². The normalized spacial score (nSPS) is 17.9. The summed E-state index contributed by atoms with van der Waals surface area (Å²) in [6.07, 6.45) is 2.19. The van der Waals surface area contributed by atoms with Crippen molar-refractivity contribution in [2.45, 2.75) is 44.9 Å². The third kappa shape index (κ3) is 8.03. The highest BCUT2D eigenvalue weighted by Gasteiger charge is 2.38. The van der Waals surface area contributed by atoms with Crippen LogP contribution in [0.3, 0.4) is 0 Å². The van der Waals surface area contributed by atoms with E-state index < -0.39 is 0 Å². The first kappa shape index (κ1) is 30.3. The number of fused-ring (bicyclic) bond motifs is 2. The fraction of sp³-hybridized carbons (Fsp3) is 0.371. The molecule has 0 aromatic heterocycles. The zero-order valence-electron chi connectivity index (χ0n) is 25.0. The molecule has 1 fully saturated rings. The van der Waals surface area contributed by atoms with Crippen LogP contribution in [-0.2, 0) is 27.4 Å². The summed E-state index contributed by atoms with van der Waals surface area (Å²) in [7, 11) is 1.66. The Morgan fingerprint density at radius 2 is 1.72 bits per heavy atom. The topological polar surface area (TPSA) is 89.1 Å². The predicted octanol–water partition coefficient (Wildman–Crippen LogP) is 4.39. The standard InChI is InChI=1S/C35H41N3O5/c1-25(39)38-22-29-21-31(34(32(23-38)37-29)35(40)36-18-17-26-9-4-3-5-10-26)27-13-15-30(16-14-27)43-20-8-19-42-24-28-11-6-7-12-33(28)41-2/h3-7,9-16,29,32,37H,8,17-24H2,1-2H3,(H,36,40)/t29-,32-/m1/s1. The van der Waals surface area contributed by atoms with E-state index in [9.17, 15) is 9.59 Å². The van der Waals surface area contributed by atoms with Gasteiger partial charge in [0.05, 0.1) is 33.0 Å². The summed E-state index contributed by atoms with van der Waals surface area (Å²) in [6.45, 7) is 4.88. The molecule has 3 aromatic rings. The van der Waals surface area contributed by atoms with Gasteiger partial charge in [-0.15, -0.1) is 0 Å². The molecule has 3 aromatic carbocycles. The SMILES string of the molecule is COc1ccccc1COCCCOc1ccc(C2=C(C(=O)NCCc3ccccc3)[C@H]3CN(C(C)=O)C[C@@H](C2)N3)cc1. The number of nitrogens with zero attached hydrogens (tertiary/aromatic N) is 1. The average molecular weight is 584 g/mol. The highest BCUT2D eigenvalue weighted by Crippen LogP contribution is 2.34. The third-order valence-electron chi connectivity index (χ3n) is 7.99. The molecule has 226 valence electrons. The number of rotatable bonds is 13. The zero-order chi connectivity index (χ0) is 30.0. The first-order valence-corrected chi connectivity index (χ1v) is 15.0. The molecule has 0 radical (unpaired) electrons. The van der Waals surface area contributed by atoms with Crippen molar-refractivity contribution in [1.82, 2.24) is 15.5 Å². The number of ether oxygens (including phenoxy) is 3. The van der Waals surface area contributed by atoms with E-state index in [0.29, 0.717) is 45.9 Å². The number of carbonyl (C=O) groups excluding carboxylic acids is 2. The molecule has 2 bridgehead atoms. The molecule has 2 aliphatic heterocycles. The van der Waals surface area contributed by atoms with Crippen LogP contribution in [0.1, 0.15) is 36.5 Å². The van der Waals surface area contributed by atoms with Gasteiger partial charge in [0.1, 0.15) is 11.5 Å². The van der Waals surface area contributed by atoms with Gasteiger partial charge in [-0.1, -0.05) is 60.7 Å². The van der Waals surface area contributed by atoms with Gasteiger partial charge in [0.15, 0.2) is 0 Å². The number of methoxy groups -OCH3 is 1. The molecule has 2 heterocycles. The number of hydrogen-bond donors (Lipinski definition) is 2. The van der Waals surface area contributed by atoms with Gasteiger partial charge in [-0.25, -0.2) is 0 Å². The molecular weight excluding hydrogens is 542 g/mol. The summed E-state index contributed by atoms with van der Waals surface area (Å²) < 4.78 is 17.2. The molecule has 2 N–H and O–H groups in total. The van der Waals surface area contributed by atoms with Crippen molar-refractivity contribution < 1.29 is 23.8 Å². The van der Waals surface area contributed by atoms with Gasteiger partial charge in [0, 0.05) is 50.2 Å². The summed E-state index contributed by atoms with van der Waals surface area (Å²) in [4.78, 5) is 27.7. The molecule has 8 heteroatoms. The van der Waals surface area contributed by atoms with E-state index in [0.717, 1.165) is 46.6 Å². The third-order valence-corrected chi connectivity index (χ3v) is 7.99. The van der Waals surface area contributed by atoms with Crippen molar-refractivity contribution in [1.29, 1.82) is 0 Å². The maximum absolute atomic E-state index is 13.6. The number of para-hydroxylation sites is 1. The maximum Gasteiger partial charge on any atom is 0.249 e. The van der Waals surface area contributed by atoms with Gasteiger partial charge in [0.2, 0.25) is 11.8 Å². The largest absolute Gasteiger partial charge is 0.496 e. The van der Waals surface area contributed by atoms with E-state index in [1.54, 1.807) is 14.0 Å². The van der Waals surface area contributed by atoms with Crippen LogP contribution in [0.5, 0.6) is 11.5 Å². The van der Waals surface area contributed by atoms with E-state index in [-0.39, 0.29) is 23.9 Å². The molecule has 0 saturated carbocycles. The zero-order valence-corrected chi connectivity index (χ0v) is 25.0. The molecule has 0 spiro atoms. The summed E-state index contributed by atoms with van der Waals surface area (Å²) in [6, 6.07) is 25.9. The van der Waals surface area contributed by atoms with E-state index >= 15 is 0 Å². The Bertz CT molecular complexity index is 1410. The minimum absolute atomic E-state index is 0.0375. The van der Waals surface area contributed by atoms with Crippen LogP contribution >= 0.6 is 0 Å². The first-order valence-electron chi connectivity index (χ1n) is 15.0. The molecule has 0 unspecified atom stereocenters. The van der Waals surface area contributed by atoms with Crippen molar-refractivity contribution in [3.63, 3.8) is 0 Å². The van der Waals surface area contributed by atoms with Gasteiger partial charge < -0.3 is 29.7 Å². The van der Waals surface area contributed by atoms with Gasteiger partial charge >= 0.3 is 0 Å². The lowest BCUT2D eigenvalue weighted by Gasteiger charge is -2.44. The molecule has 2 atom stereocenters. The Labute approximate surface area is 254 Å². The average Bonchev–Trinajstić information content (AvgIpc) is 3.03. The minimum Gasteiger partial charge on any atom is -0.496 e. The van der Waals surface area contributed by atoms with Crippen LogP contribution in [0, 0.1) is 0 Å². The van der Waals surface area contributed by atoms with Crippen LogP contribution in [0.15, 0.2) is 84.4 Å². The smallest absolute Gasteiger partial charge is 0.249 e. The van der Waals surface area contributed by atoms with E-state index in [4.69, 9.17) is 14.2 Å². The summed E-state index contributed by atoms with van der Waals surface area (Å²) in [5.41, 5.74) is 4.96. The Kier molecular flexibility index (Phi) is 10.5. The lowest BCUT2D eigenvalue weighted by atomic mass is 9.83. The Hall–Kier alpha value is -4.14. The fourth-order valence-corrected chi connectivity index (χ4v) is 5.81. The Morgan fingerprint density at radius 3 is 2.49 bits per heavy atom. The minimum atomic E-state index is -0.213. The molecule has 2 aliphatic rings. The summed E-state index contributed by atoms with van der Waals surface area (Å²) in [5, 5.41) is 6.73. The number of benzene rings is 3. The van der Waals surface area contributed by atoms with Gasteiger partial charge in [-0.3, -0.25) is 9.59 Å². The lowest BCUT2D eigenvalue weighted by molar-refractivity contribution is -0.131. The maximum atomic E-state index is 13.6. The van der Waals surface area contributed by atoms with Crippen molar-refractivity contribution in [3.8, 4) is 11.5 Å². The van der Waals surface area contributed by atoms with Crippen LogP contribution in [0.2, 0.25) is 0 Å². The van der Waals surface area contributed by atoms with E-state index in [2.05, 4.69) is 22.8 Å². The Balaban J connectivity index is 1.20. The van der Waals surface area contributed by atoms with Crippen molar-refractivity contribution in [2.75, 3.05) is 40.0 Å². The molecule has 1 saturated heterocycles. The van der Waals surface area contributed by atoms with Gasteiger partial charge in [-0.2, -0.15) is 0 Å². The molecule has 8 nitrogen and oxygen atoms in total. The second-order valence-corrected chi connectivity index (χ2v) is 11.0. The highest BCUT2D eigenvalue weighted by molar-refractivity contribution is 6.03. The first-order chi connectivity index (χ1) is 21.0. The van der Waals surface area contributed by atoms with Gasteiger partial charge in [0.25, 0.3) is 0 Å². The number of carbonyl (C=O) groups is 2. The predicted molar refractivity (Wildman–Crippen MR) is 167 cm³/mol. The summed E-state index contributed by atoms with van der Waals surface area (Å²) in [5.74, 6) is 1.56. The molecule has 43 heavy (non-hydrogen) atoms. The fourth-order valence-electron chi connectivity index (χ4n) is 5.81. The summed E-state index contributed by atoms with van der Waals surface area (Å²) >= 11 is 0.